The van der Waals surface area contributed by atoms with E-state index in [1.54, 1.807) is 18.2 Å². The van der Waals surface area contributed by atoms with E-state index in [1.807, 2.05) is 0 Å². The van der Waals surface area contributed by atoms with Crippen LogP contribution in [-0.4, -0.2) is 24.4 Å². The Morgan fingerprint density at radius 3 is 2.73 bits per heavy atom. The van der Waals surface area contributed by atoms with Crippen LogP contribution in [0.2, 0.25) is 10.0 Å². The van der Waals surface area contributed by atoms with Crippen molar-refractivity contribution < 1.29 is 14.7 Å². The highest BCUT2D eigenvalue weighted by Gasteiger charge is 2.08. The summed E-state index contributed by atoms with van der Waals surface area (Å²) < 4.78 is 5.23. The molecule has 0 aliphatic heterocycles. The van der Waals surface area contributed by atoms with Crippen molar-refractivity contribution in [2.45, 2.75) is 6.10 Å². The van der Waals surface area contributed by atoms with E-state index < -0.39 is 6.10 Å². The molecule has 1 aromatic rings. The summed E-state index contributed by atoms with van der Waals surface area (Å²) in [7, 11) is 0. The van der Waals surface area contributed by atoms with Gasteiger partial charge in [-0.3, -0.25) is 0 Å². The van der Waals surface area contributed by atoms with Crippen LogP contribution in [-0.2, 0) is 4.84 Å². The van der Waals surface area contributed by atoms with Crippen molar-refractivity contribution in [3.8, 4) is 5.75 Å². The number of nitrogens with two attached hydrogens (primary N) is 1. The topological polar surface area (TPSA) is 64.7 Å². The molecule has 1 unspecified atom stereocenters. The van der Waals surface area contributed by atoms with Crippen LogP contribution in [0.1, 0.15) is 0 Å². The molecule has 15 heavy (non-hydrogen) atoms. The number of aliphatic hydroxyl groups is 1. The van der Waals surface area contributed by atoms with Gasteiger partial charge in [0.15, 0.2) is 0 Å². The van der Waals surface area contributed by atoms with Crippen molar-refractivity contribution in [1.29, 1.82) is 0 Å². The van der Waals surface area contributed by atoms with Crippen LogP contribution in [0.3, 0.4) is 0 Å². The third-order valence-corrected chi connectivity index (χ3v) is 2.44. The summed E-state index contributed by atoms with van der Waals surface area (Å²) in [6.07, 6.45) is -0.801. The summed E-state index contributed by atoms with van der Waals surface area (Å²) in [6.45, 7) is 0.0371. The molecule has 0 aliphatic carbocycles. The lowest BCUT2D eigenvalue weighted by molar-refractivity contribution is 0.0116. The lowest BCUT2D eigenvalue weighted by Crippen LogP contribution is -2.25. The molecule has 0 radical (unpaired) electrons. The summed E-state index contributed by atoms with van der Waals surface area (Å²) in [6, 6.07) is 5.01. The van der Waals surface area contributed by atoms with Crippen molar-refractivity contribution >= 4 is 23.2 Å². The third kappa shape index (κ3) is 3.85. The molecule has 3 N–H and O–H groups in total. The quantitative estimate of drug-likeness (QED) is 0.781. The normalized spacial score (nSPS) is 12.5. The number of halogens is 2. The number of aliphatic hydroxyl groups excluding tert-OH is 1. The molecule has 1 aromatic carbocycles. The van der Waals surface area contributed by atoms with Crippen LogP contribution in [0.25, 0.3) is 0 Å². The smallest absolute Gasteiger partial charge is 0.139 e. The molecular weight excluding hydrogens is 241 g/mol. The molecule has 1 atom stereocenters. The van der Waals surface area contributed by atoms with E-state index in [0.29, 0.717) is 15.8 Å². The van der Waals surface area contributed by atoms with Gasteiger partial charge in [-0.15, -0.1) is 0 Å². The van der Waals surface area contributed by atoms with E-state index in [0.717, 1.165) is 0 Å². The van der Waals surface area contributed by atoms with E-state index in [2.05, 4.69) is 4.84 Å². The number of ether oxygens (including phenoxy) is 1. The maximum atomic E-state index is 9.26. The van der Waals surface area contributed by atoms with Crippen molar-refractivity contribution in [3.63, 3.8) is 0 Å². The maximum absolute atomic E-state index is 9.26. The van der Waals surface area contributed by atoms with Gasteiger partial charge in [-0.1, -0.05) is 29.3 Å². The van der Waals surface area contributed by atoms with Gasteiger partial charge in [0.25, 0.3) is 0 Å². The fourth-order valence-electron chi connectivity index (χ4n) is 0.941. The standard InChI is InChI=1S/C9H11Cl2NO3/c10-7-2-1-3-8(9(7)11)14-4-6(13)5-15-12/h1-3,6,13H,4-5,12H2. The minimum Gasteiger partial charge on any atom is -0.489 e. The molecule has 84 valence electrons. The molecule has 0 bridgehead atoms. The Morgan fingerprint density at radius 2 is 2.07 bits per heavy atom. The number of hydrogen-bond acceptors (Lipinski definition) is 4. The van der Waals surface area contributed by atoms with Crippen LogP contribution in [0.5, 0.6) is 5.75 Å². The fraction of sp³-hybridized carbons (Fsp3) is 0.333. The van der Waals surface area contributed by atoms with E-state index >= 15 is 0 Å². The molecular formula is C9H11Cl2NO3. The highest BCUT2D eigenvalue weighted by molar-refractivity contribution is 6.42. The second-order valence-electron chi connectivity index (χ2n) is 2.85. The first kappa shape index (κ1) is 12.5. The minimum absolute atomic E-state index is 0.00180. The SMILES string of the molecule is NOCC(O)COc1cccc(Cl)c1Cl. The van der Waals surface area contributed by atoms with E-state index in [9.17, 15) is 5.11 Å². The molecule has 0 aromatic heterocycles. The molecule has 1 rings (SSSR count). The summed E-state index contributed by atoms with van der Waals surface area (Å²) in [5, 5.41) is 9.99. The molecule has 6 heteroatoms. The Morgan fingerprint density at radius 1 is 1.33 bits per heavy atom. The number of hydrogen-bond donors (Lipinski definition) is 2. The van der Waals surface area contributed by atoms with Gasteiger partial charge in [-0.05, 0) is 12.1 Å². The van der Waals surface area contributed by atoms with Gasteiger partial charge in [-0.25, -0.2) is 5.90 Å². The van der Waals surface area contributed by atoms with Crippen LogP contribution in [0, 0.1) is 0 Å². The van der Waals surface area contributed by atoms with Crippen molar-refractivity contribution in [3.05, 3.63) is 28.2 Å². The van der Waals surface area contributed by atoms with Gasteiger partial charge >= 0.3 is 0 Å². The summed E-state index contributed by atoms with van der Waals surface area (Å²) in [5.74, 6) is 5.21. The number of benzene rings is 1. The number of rotatable bonds is 5. The Kier molecular flexibility index (Phi) is 5.14. The molecule has 0 amide bonds. The highest BCUT2D eigenvalue weighted by atomic mass is 35.5. The van der Waals surface area contributed by atoms with Crippen molar-refractivity contribution in [2.24, 2.45) is 5.90 Å². The van der Waals surface area contributed by atoms with Crippen molar-refractivity contribution in [2.75, 3.05) is 13.2 Å². The first-order valence-electron chi connectivity index (χ1n) is 4.21. The highest BCUT2D eigenvalue weighted by Crippen LogP contribution is 2.31. The van der Waals surface area contributed by atoms with Gasteiger partial charge in [0.1, 0.15) is 23.5 Å². The van der Waals surface area contributed by atoms with Crippen LogP contribution in [0.15, 0.2) is 18.2 Å². The zero-order chi connectivity index (χ0) is 11.3. The Labute approximate surface area is 97.4 Å². The Bertz CT molecular complexity index is 322. The van der Waals surface area contributed by atoms with Gasteiger partial charge < -0.3 is 14.7 Å². The molecule has 0 heterocycles. The van der Waals surface area contributed by atoms with Gasteiger partial charge in [0, 0.05) is 0 Å². The Hall–Kier alpha value is -0.520. The average Bonchev–Trinajstić information content (AvgIpc) is 2.21. The maximum Gasteiger partial charge on any atom is 0.139 e. The van der Waals surface area contributed by atoms with Gasteiger partial charge in [-0.2, -0.15) is 0 Å². The molecule has 0 fully saturated rings. The molecule has 0 saturated heterocycles. The van der Waals surface area contributed by atoms with E-state index in [4.69, 9.17) is 33.8 Å². The third-order valence-electron chi connectivity index (χ3n) is 1.64. The molecule has 0 spiro atoms. The van der Waals surface area contributed by atoms with Crippen molar-refractivity contribution in [1.82, 2.24) is 0 Å². The van der Waals surface area contributed by atoms with E-state index in [1.165, 1.54) is 0 Å². The lowest BCUT2D eigenvalue weighted by atomic mass is 10.3. The largest absolute Gasteiger partial charge is 0.489 e. The molecule has 4 nitrogen and oxygen atoms in total. The first-order valence-corrected chi connectivity index (χ1v) is 4.97. The second-order valence-corrected chi connectivity index (χ2v) is 3.64. The van der Waals surface area contributed by atoms with Gasteiger partial charge in [0.2, 0.25) is 0 Å². The van der Waals surface area contributed by atoms with E-state index in [-0.39, 0.29) is 13.2 Å². The predicted octanol–water partition coefficient (Wildman–Crippen LogP) is 1.62. The second kappa shape index (κ2) is 6.15. The van der Waals surface area contributed by atoms with Crippen LogP contribution >= 0.6 is 23.2 Å². The molecule has 0 aliphatic rings. The summed E-state index contributed by atoms with van der Waals surface area (Å²) in [4.78, 5) is 4.26. The monoisotopic (exact) mass is 251 g/mol. The molecule has 0 saturated carbocycles. The lowest BCUT2D eigenvalue weighted by Gasteiger charge is -2.12. The fourth-order valence-corrected chi connectivity index (χ4v) is 1.29. The minimum atomic E-state index is -0.801. The zero-order valence-electron chi connectivity index (χ0n) is 7.82. The first-order chi connectivity index (χ1) is 7.15. The Balaban J connectivity index is 2.54. The summed E-state index contributed by atoms with van der Waals surface area (Å²) in [5.41, 5.74) is 0. The predicted molar refractivity (Wildman–Crippen MR) is 58.1 cm³/mol. The van der Waals surface area contributed by atoms with Crippen LogP contribution < -0.4 is 10.6 Å². The summed E-state index contributed by atoms with van der Waals surface area (Å²) >= 11 is 11.6. The van der Waals surface area contributed by atoms with Crippen LogP contribution in [0.4, 0.5) is 0 Å². The average molecular weight is 252 g/mol. The van der Waals surface area contributed by atoms with Gasteiger partial charge in [0.05, 0.1) is 11.6 Å². The zero-order valence-corrected chi connectivity index (χ0v) is 9.33.